The van der Waals surface area contributed by atoms with Crippen LogP contribution in [0.1, 0.15) is 11.8 Å². The first kappa shape index (κ1) is 8.49. The van der Waals surface area contributed by atoms with Crippen LogP contribution in [0, 0.1) is 0 Å². The maximum absolute atomic E-state index is 9.03. The monoisotopic (exact) mass is 173 g/mol. The summed E-state index contributed by atoms with van der Waals surface area (Å²) < 4.78 is 4.90. The SMILES string of the molecule is COc1ncc(CC(C)O)s1. The molecular weight excluding hydrogens is 162 g/mol. The second-order valence-corrected chi connectivity index (χ2v) is 3.43. The first-order valence-corrected chi connectivity index (χ1v) is 4.20. The van der Waals surface area contributed by atoms with Crippen molar-refractivity contribution >= 4 is 11.3 Å². The number of nitrogens with zero attached hydrogens (tertiary/aromatic N) is 1. The molecule has 0 aromatic carbocycles. The highest BCUT2D eigenvalue weighted by Gasteiger charge is 2.03. The molecule has 4 heteroatoms. The lowest BCUT2D eigenvalue weighted by Gasteiger charge is -1.97. The minimum atomic E-state index is -0.305. The van der Waals surface area contributed by atoms with Crippen molar-refractivity contribution in [2.45, 2.75) is 19.4 Å². The van der Waals surface area contributed by atoms with Crippen molar-refractivity contribution < 1.29 is 9.84 Å². The number of hydrogen-bond acceptors (Lipinski definition) is 4. The number of ether oxygens (including phenoxy) is 1. The van der Waals surface area contributed by atoms with Gasteiger partial charge >= 0.3 is 0 Å². The molecule has 0 spiro atoms. The van der Waals surface area contributed by atoms with E-state index in [0.29, 0.717) is 11.6 Å². The summed E-state index contributed by atoms with van der Waals surface area (Å²) in [4.78, 5) is 5.03. The summed E-state index contributed by atoms with van der Waals surface area (Å²) in [6, 6.07) is 0. The number of aliphatic hydroxyl groups excluding tert-OH is 1. The third kappa shape index (κ3) is 2.48. The van der Waals surface area contributed by atoms with Crippen LogP contribution >= 0.6 is 11.3 Å². The van der Waals surface area contributed by atoms with Crippen molar-refractivity contribution in [2.75, 3.05) is 7.11 Å². The minimum Gasteiger partial charge on any atom is -0.473 e. The third-order valence-electron chi connectivity index (χ3n) is 1.20. The Morgan fingerprint density at radius 2 is 2.55 bits per heavy atom. The van der Waals surface area contributed by atoms with Crippen LogP contribution in [0.15, 0.2) is 6.20 Å². The first-order chi connectivity index (χ1) is 5.22. The predicted molar refractivity (Wildman–Crippen MR) is 44.1 cm³/mol. The molecule has 0 radical (unpaired) electrons. The third-order valence-corrected chi connectivity index (χ3v) is 2.18. The summed E-state index contributed by atoms with van der Waals surface area (Å²) in [5, 5.41) is 9.68. The van der Waals surface area contributed by atoms with E-state index < -0.39 is 0 Å². The number of thiazole rings is 1. The Morgan fingerprint density at radius 3 is 3.00 bits per heavy atom. The number of aromatic nitrogens is 1. The van der Waals surface area contributed by atoms with E-state index in [4.69, 9.17) is 9.84 Å². The molecule has 11 heavy (non-hydrogen) atoms. The second-order valence-electron chi connectivity index (χ2n) is 2.35. The summed E-state index contributed by atoms with van der Waals surface area (Å²) in [6.45, 7) is 1.76. The van der Waals surface area contributed by atoms with Gasteiger partial charge in [-0.3, -0.25) is 0 Å². The average molecular weight is 173 g/mol. The van der Waals surface area contributed by atoms with E-state index >= 15 is 0 Å². The van der Waals surface area contributed by atoms with Gasteiger partial charge in [-0.05, 0) is 6.92 Å². The Bertz CT molecular complexity index is 222. The average Bonchev–Trinajstić information content (AvgIpc) is 2.34. The summed E-state index contributed by atoms with van der Waals surface area (Å²) in [6.07, 6.45) is 2.08. The number of methoxy groups -OCH3 is 1. The lowest BCUT2D eigenvalue weighted by Crippen LogP contribution is -2.01. The van der Waals surface area contributed by atoms with Crippen LogP contribution < -0.4 is 4.74 Å². The number of hydrogen-bond donors (Lipinski definition) is 1. The molecule has 0 aliphatic carbocycles. The zero-order valence-electron chi connectivity index (χ0n) is 6.57. The molecule has 1 atom stereocenters. The van der Waals surface area contributed by atoms with Crippen LogP contribution in [0.25, 0.3) is 0 Å². The minimum absolute atomic E-state index is 0.305. The van der Waals surface area contributed by atoms with Crippen LogP contribution in [-0.2, 0) is 6.42 Å². The number of rotatable bonds is 3. The lowest BCUT2D eigenvalue weighted by molar-refractivity contribution is 0.196. The molecule has 0 aliphatic rings. The fourth-order valence-electron chi connectivity index (χ4n) is 0.769. The molecule has 1 N–H and O–H groups in total. The van der Waals surface area contributed by atoms with Gasteiger partial charge in [-0.25, -0.2) is 4.98 Å². The highest BCUT2D eigenvalue weighted by atomic mass is 32.1. The van der Waals surface area contributed by atoms with Crippen LogP contribution in [0.5, 0.6) is 5.19 Å². The summed E-state index contributed by atoms with van der Waals surface area (Å²) in [5.41, 5.74) is 0. The Morgan fingerprint density at radius 1 is 1.82 bits per heavy atom. The fraction of sp³-hybridized carbons (Fsp3) is 0.571. The molecule has 0 fully saturated rings. The van der Waals surface area contributed by atoms with Crippen molar-refractivity contribution in [1.82, 2.24) is 4.98 Å². The molecular formula is C7H11NO2S. The van der Waals surface area contributed by atoms with Gasteiger partial charge in [0.25, 0.3) is 5.19 Å². The van der Waals surface area contributed by atoms with Crippen LogP contribution in [-0.4, -0.2) is 23.3 Å². The second kappa shape index (κ2) is 3.69. The molecule has 1 rings (SSSR count). The normalized spacial score (nSPS) is 13.0. The Labute approximate surface area is 69.7 Å². The van der Waals surface area contributed by atoms with Gasteiger partial charge in [0.1, 0.15) is 0 Å². The topological polar surface area (TPSA) is 42.4 Å². The summed E-state index contributed by atoms with van der Waals surface area (Å²) in [5.74, 6) is 0. The molecule has 1 aromatic rings. The molecule has 62 valence electrons. The van der Waals surface area contributed by atoms with Gasteiger partial charge < -0.3 is 9.84 Å². The van der Waals surface area contributed by atoms with Gasteiger partial charge in [-0.1, -0.05) is 11.3 Å². The van der Waals surface area contributed by atoms with E-state index in [2.05, 4.69) is 4.98 Å². The Balaban J connectivity index is 2.58. The van der Waals surface area contributed by atoms with Crippen molar-refractivity contribution in [2.24, 2.45) is 0 Å². The van der Waals surface area contributed by atoms with Crippen molar-refractivity contribution in [3.05, 3.63) is 11.1 Å². The van der Waals surface area contributed by atoms with Crippen molar-refractivity contribution in [1.29, 1.82) is 0 Å². The van der Waals surface area contributed by atoms with E-state index in [0.717, 1.165) is 4.88 Å². The highest BCUT2D eigenvalue weighted by molar-refractivity contribution is 7.13. The smallest absolute Gasteiger partial charge is 0.273 e. The van der Waals surface area contributed by atoms with Crippen molar-refractivity contribution in [3.63, 3.8) is 0 Å². The largest absolute Gasteiger partial charge is 0.473 e. The molecule has 0 bridgehead atoms. The van der Waals surface area contributed by atoms with Crippen LogP contribution in [0.3, 0.4) is 0 Å². The first-order valence-electron chi connectivity index (χ1n) is 3.39. The molecule has 1 heterocycles. The van der Waals surface area contributed by atoms with E-state index in [-0.39, 0.29) is 6.10 Å². The maximum Gasteiger partial charge on any atom is 0.273 e. The molecule has 1 unspecified atom stereocenters. The molecule has 3 nitrogen and oxygen atoms in total. The highest BCUT2D eigenvalue weighted by Crippen LogP contribution is 2.20. The lowest BCUT2D eigenvalue weighted by atomic mass is 10.3. The van der Waals surface area contributed by atoms with Crippen LogP contribution in [0.4, 0.5) is 0 Å². The van der Waals surface area contributed by atoms with Gasteiger partial charge in [-0.15, -0.1) is 0 Å². The molecule has 0 aliphatic heterocycles. The van der Waals surface area contributed by atoms with E-state index in [1.165, 1.54) is 11.3 Å². The quantitative estimate of drug-likeness (QED) is 0.743. The molecule has 0 amide bonds. The molecule has 0 saturated carbocycles. The maximum atomic E-state index is 9.03. The summed E-state index contributed by atoms with van der Waals surface area (Å²) in [7, 11) is 1.59. The Kier molecular flexibility index (Phi) is 2.84. The molecule has 1 aromatic heterocycles. The van der Waals surface area contributed by atoms with Gasteiger partial charge in [-0.2, -0.15) is 0 Å². The predicted octanol–water partition coefficient (Wildman–Crippen LogP) is 1.07. The van der Waals surface area contributed by atoms with E-state index in [9.17, 15) is 0 Å². The molecule has 0 saturated heterocycles. The van der Waals surface area contributed by atoms with Gasteiger partial charge in [0.2, 0.25) is 0 Å². The van der Waals surface area contributed by atoms with Crippen LogP contribution in [0.2, 0.25) is 0 Å². The van der Waals surface area contributed by atoms with E-state index in [1.807, 2.05) is 0 Å². The van der Waals surface area contributed by atoms with Crippen molar-refractivity contribution in [3.8, 4) is 5.19 Å². The van der Waals surface area contributed by atoms with Gasteiger partial charge in [0.15, 0.2) is 0 Å². The number of aliphatic hydroxyl groups is 1. The summed E-state index contributed by atoms with van der Waals surface area (Å²) >= 11 is 1.47. The van der Waals surface area contributed by atoms with Gasteiger partial charge in [0, 0.05) is 17.5 Å². The van der Waals surface area contributed by atoms with Gasteiger partial charge in [0.05, 0.1) is 13.2 Å². The standard InChI is InChI=1S/C7H11NO2S/c1-5(9)3-6-4-8-7(10-2)11-6/h4-5,9H,3H2,1-2H3. The Hall–Kier alpha value is -0.610. The van der Waals surface area contributed by atoms with E-state index in [1.54, 1.807) is 20.2 Å². The zero-order valence-corrected chi connectivity index (χ0v) is 7.39. The zero-order chi connectivity index (χ0) is 8.27. The fourth-order valence-corrected chi connectivity index (χ4v) is 1.61.